The van der Waals surface area contributed by atoms with Crippen molar-refractivity contribution in [2.75, 3.05) is 11.5 Å². The molecule has 0 aliphatic rings. The number of aromatic amines is 1. The standard InChI is InChI=1S/C10H8Cl2N4OS/c11-4-2-1-3-5(12)6(4)18-7-8(13)15-10(14)16-9(7)17/h1-3H,(H5,13,14,15,16,17). The number of nitrogens with zero attached hydrogens (tertiary/aromatic N) is 1. The fourth-order valence-corrected chi connectivity index (χ4v) is 2.74. The summed E-state index contributed by atoms with van der Waals surface area (Å²) in [6.07, 6.45) is 0. The molecule has 18 heavy (non-hydrogen) atoms. The van der Waals surface area contributed by atoms with Crippen LogP contribution in [0.5, 0.6) is 0 Å². The van der Waals surface area contributed by atoms with Crippen LogP contribution in [0.3, 0.4) is 0 Å². The highest BCUT2D eigenvalue weighted by Crippen LogP contribution is 2.38. The maximum absolute atomic E-state index is 11.7. The molecule has 2 rings (SSSR count). The van der Waals surface area contributed by atoms with E-state index in [-0.39, 0.29) is 16.7 Å². The lowest BCUT2D eigenvalue weighted by Crippen LogP contribution is -2.15. The number of rotatable bonds is 2. The fraction of sp³-hybridized carbons (Fsp3) is 0. The summed E-state index contributed by atoms with van der Waals surface area (Å²) in [7, 11) is 0. The number of aromatic nitrogens is 2. The van der Waals surface area contributed by atoms with Gasteiger partial charge in [-0.15, -0.1) is 0 Å². The van der Waals surface area contributed by atoms with Gasteiger partial charge in [0.05, 0.1) is 10.0 Å². The van der Waals surface area contributed by atoms with Gasteiger partial charge < -0.3 is 11.5 Å². The van der Waals surface area contributed by atoms with Crippen LogP contribution in [0.1, 0.15) is 0 Å². The molecular weight excluding hydrogens is 295 g/mol. The van der Waals surface area contributed by atoms with E-state index in [2.05, 4.69) is 9.97 Å². The highest BCUT2D eigenvalue weighted by molar-refractivity contribution is 7.99. The van der Waals surface area contributed by atoms with Crippen LogP contribution >= 0.6 is 35.0 Å². The Hall–Kier alpha value is -1.37. The van der Waals surface area contributed by atoms with E-state index >= 15 is 0 Å². The molecule has 0 amide bonds. The highest BCUT2D eigenvalue weighted by atomic mass is 35.5. The van der Waals surface area contributed by atoms with Crippen LogP contribution < -0.4 is 17.0 Å². The minimum absolute atomic E-state index is 0.0351. The van der Waals surface area contributed by atoms with E-state index in [0.29, 0.717) is 14.9 Å². The summed E-state index contributed by atoms with van der Waals surface area (Å²) in [4.78, 5) is 18.6. The number of benzene rings is 1. The fourth-order valence-electron chi connectivity index (χ4n) is 1.28. The van der Waals surface area contributed by atoms with Crippen molar-refractivity contribution in [2.24, 2.45) is 0 Å². The highest BCUT2D eigenvalue weighted by Gasteiger charge is 2.14. The number of nitrogens with one attached hydrogen (secondary N) is 1. The molecule has 1 heterocycles. The minimum Gasteiger partial charge on any atom is -0.382 e. The van der Waals surface area contributed by atoms with Gasteiger partial charge in [0.1, 0.15) is 10.7 Å². The summed E-state index contributed by atoms with van der Waals surface area (Å²) in [5.41, 5.74) is 10.6. The summed E-state index contributed by atoms with van der Waals surface area (Å²) in [5.74, 6) is 0.00402. The second-order valence-electron chi connectivity index (χ2n) is 3.32. The Morgan fingerprint density at radius 2 is 1.78 bits per heavy atom. The molecule has 5 nitrogen and oxygen atoms in total. The quantitative estimate of drug-likeness (QED) is 0.791. The molecule has 0 atom stereocenters. The van der Waals surface area contributed by atoms with E-state index in [9.17, 15) is 4.79 Å². The SMILES string of the molecule is Nc1nc(N)c(Sc2c(Cl)cccc2Cl)c(=O)[nH]1. The Morgan fingerprint density at radius 1 is 1.17 bits per heavy atom. The Labute approximate surface area is 116 Å². The number of anilines is 2. The van der Waals surface area contributed by atoms with Gasteiger partial charge in [0.15, 0.2) is 0 Å². The third-order valence-electron chi connectivity index (χ3n) is 2.04. The molecule has 8 heteroatoms. The molecular formula is C10H8Cl2N4OS. The minimum atomic E-state index is -0.430. The van der Waals surface area contributed by atoms with Crippen LogP contribution in [-0.2, 0) is 0 Å². The molecule has 0 aliphatic carbocycles. The Morgan fingerprint density at radius 3 is 2.33 bits per heavy atom. The first kappa shape index (κ1) is 13.1. The van der Waals surface area contributed by atoms with Crippen molar-refractivity contribution in [3.05, 3.63) is 38.6 Å². The van der Waals surface area contributed by atoms with Crippen molar-refractivity contribution in [1.82, 2.24) is 9.97 Å². The van der Waals surface area contributed by atoms with Gasteiger partial charge in [-0.1, -0.05) is 41.0 Å². The third-order valence-corrected chi connectivity index (χ3v) is 4.14. The second kappa shape index (κ2) is 5.09. The Bertz CT molecular complexity index is 639. The van der Waals surface area contributed by atoms with E-state index in [1.165, 1.54) is 0 Å². The molecule has 1 aromatic heterocycles. The van der Waals surface area contributed by atoms with Gasteiger partial charge in [-0.05, 0) is 12.1 Å². The lowest BCUT2D eigenvalue weighted by atomic mass is 10.4. The molecule has 0 fully saturated rings. The second-order valence-corrected chi connectivity index (χ2v) is 5.15. The molecule has 0 aliphatic heterocycles. The molecule has 2 aromatic rings. The molecule has 0 spiro atoms. The van der Waals surface area contributed by atoms with E-state index in [1.807, 2.05) is 0 Å². The van der Waals surface area contributed by atoms with Crippen LogP contribution in [0.4, 0.5) is 11.8 Å². The topological polar surface area (TPSA) is 97.8 Å². The zero-order valence-corrected chi connectivity index (χ0v) is 11.2. The van der Waals surface area contributed by atoms with Gasteiger partial charge in [0, 0.05) is 4.90 Å². The van der Waals surface area contributed by atoms with Crippen LogP contribution in [0.2, 0.25) is 10.0 Å². The van der Waals surface area contributed by atoms with Gasteiger partial charge in [-0.25, -0.2) is 0 Å². The largest absolute Gasteiger partial charge is 0.382 e. The summed E-state index contributed by atoms with van der Waals surface area (Å²) < 4.78 is 0. The average molecular weight is 303 g/mol. The van der Waals surface area contributed by atoms with Crippen molar-refractivity contribution in [2.45, 2.75) is 9.79 Å². The summed E-state index contributed by atoms with van der Waals surface area (Å²) in [6.45, 7) is 0. The molecule has 0 saturated carbocycles. The van der Waals surface area contributed by atoms with Gasteiger partial charge >= 0.3 is 0 Å². The molecule has 0 bridgehead atoms. The van der Waals surface area contributed by atoms with Gasteiger partial charge in [-0.3, -0.25) is 9.78 Å². The Balaban J connectivity index is 2.50. The smallest absolute Gasteiger partial charge is 0.268 e. The average Bonchev–Trinajstić information content (AvgIpc) is 2.26. The molecule has 1 aromatic carbocycles. The zero-order chi connectivity index (χ0) is 13.3. The number of H-pyrrole nitrogens is 1. The third kappa shape index (κ3) is 2.55. The molecule has 94 valence electrons. The van der Waals surface area contributed by atoms with Crippen LogP contribution in [0.15, 0.2) is 32.8 Å². The first-order valence-electron chi connectivity index (χ1n) is 4.76. The predicted octanol–water partition coefficient (Wildman–Crippen LogP) is 2.39. The Kier molecular flexibility index (Phi) is 3.70. The van der Waals surface area contributed by atoms with Crippen molar-refractivity contribution in [3.63, 3.8) is 0 Å². The van der Waals surface area contributed by atoms with Gasteiger partial charge in [-0.2, -0.15) is 4.98 Å². The van der Waals surface area contributed by atoms with Crippen molar-refractivity contribution < 1.29 is 0 Å². The number of hydrogen-bond acceptors (Lipinski definition) is 5. The number of nitrogen functional groups attached to an aromatic ring is 2. The van der Waals surface area contributed by atoms with E-state index in [0.717, 1.165) is 11.8 Å². The van der Waals surface area contributed by atoms with Crippen molar-refractivity contribution in [3.8, 4) is 0 Å². The normalized spacial score (nSPS) is 10.6. The predicted molar refractivity (Wildman–Crippen MR) is 74.3 cm³/mol. The lowest BCUT2D eigenvalue weighted by Gasteiger charge is -2.07. The van der Waals surface area contributed by atoms with Crippen LogP contribution in [0.25, 0.3) is 0 Å². The van der Waals surface area contributed by atoms with Crippen LogP contribution in [-0.4, -0.2) is 9.97 Å². The maximum atomic E-state index is 11.7. The summed E-state index contributed by atoms with van der Waals surface area (Å²) in [5, 5.41) is 0.867. The lowest BCUT2D eigenvalue weighted by molar-refractivity contribution is 1.07. The molecule has 0 saturated heterocycles. The zero-order valence-electron chi connectivity index (χ0n) is 8.91. The molecule has 0 radical (unpaired) electrons. The number of halogens is 2. The van der Waals surface area contributed by atoms with E-state index < -0.39 is 5.56 Å². The van der Waals surface area contributed by atoms with Crippen LogP contribution in [0, 0.1) is 0 Å². The number of hydrogen-bond donors (Lipinski definition) is 3. The van der Waals surface area contributed by atoms with Crippen molar-refractivity contribution >= 4 is 46.7 Å². The van der Waals surface area contributed by atoms with Gasteiger partial charge in [0.2, 0.25) is 5.95 Å². The van der Waals surface area contributed by atoms with E-state index in [4.69, 9.17) is 34.7 Å². The maximum Gasteiger partial charge on any atom is 0.268 e. The number of nitrogens with two attached hydrogens (primary N) is 2. The first-order valence-corrected chi connectivity index (χ1v) is 6.33. The summed E-state index contributed by atoms with van der Waals surface area (Å²) >= 11 is 13.1. The molecule has 5 N–H and O–H groups in total. The molecule has 0 unspecified atom stereocenters. The van der Waals surface area contributed by atoms with Gasteiger partial charge in [0.25, 0.3) is 5.56 Å². The first-order chi connectivity index (χ1) is 8.49. The van der Waals surface area contributed by atoms with E-state index in [1.54, 1.807) is 18.2 Å². The van der Waals surface area contributed by atoms with Crippen molar-refractivity contribution in [1.29, 1.82) is 0 Å². The summed E-state index contributed by atoms with van der Waals surface area (Å²) in [6, 6.07) is 5.05. The monoisotopic (exact) mass is 302 g/mol.